The third kappa shape index (κ3) is 3.00. The summed E-state index contributed by atoms with van der Waals surface area (Å²) in [4.78, 5) is 17.0. The van der Waals surface area contributed by atoms with Gasteiger partial charge in [0, 0.05) is 43.3 Å². The van der Waals surface area contributed by atoms with E-state index < -0.39 is 34.3 Å². The largest absolute Gasteiger partial charge is 0.369 e. The molecule has 4 aliphatic rings. The zero-order valence-corrected chi connectivity index (χ0v) is 17.3. The maximum atomic E-state index is 15.1. The SMILES string of the molecule is CN1CCN(c2ccc(C34CC(C(F)(F)C(=O)c5ccc(F)cc5F)(C3)C4)cc2)CC1. The highest BCUT2D eigenvalue weighted by Gasteiger charge is 2.79. The number of ketones is 1. The highest BCUT2D eigenvalue weighted by molar-refractivity contribution is 6.02. The minimum absolute atomic E-state index is 0.204. The van der Waals surface area contributed by atoms with Gasteiger partial charge < -0.3 is 9.80 Å². The summed E-state index contributed by atoms with van der Waals surface area (Å²) < 4.78 is 57.1. The molecule has 0 unspecified atom stereocenters. The number of rotatable bonds is 5. The van der Waals surface area contributed by atoms with E-state index in [4.69, 9.17) is 0 Å². The maximum Gasteiger partial charge on any atom is 0.315 e. The Kier molecular flexibility index (Phi) is 4.49. The molecule has 31 heavy (non-hydrogen) atoms. The topological polar surface area (TPSA) is 23.6 Å². The molecule has 0 aromatic heterocycles. The van der Waals surface area contributed by atoms with Crippen LogP contribution < -0.4 is 4.90 Å². The van der Waals surface area contributed by atoms with Gasteiger partial charge in [0.05, 0.1) is 5.56 Å². The molecular weight excluding hydrogens is 408 g/mol. The third-order valence-electron chi connectivity index (χ3n) is 7.51. The normalized spacial score (nSPS) is 28.1. The van der Waals surface area contributed by atoms with Gasteiger partial charge in [-0.25, -0.2) is 8.78 Å². The van der Waals surface area contributed by atoms with Crippen LogP contribution in [0.2, 0.25) is 0 Å². The number of halogens is 4. The summed E-state index contributed by atoms with van der Waals surface area (Å²) in [5.41, 5.74) is -0.358. The second-order valence-electron chi connectivity index (χ2n) is 9.46. The predicted octanol–water partition coefficient (Wildman–Crippen LogP) is 4.66. The van der Waals surface area contributed by atoms with Crippen LogP contribution in [-0.4, -0.2) is 49.8 Å². The van der Waals surface area contributed by atoms with E-state index >= 15 is 8.78 Å². The van der Waals surface area contributed by atoms with Crippen LogP contribution in [0.4, 0.5) is 23.2 Å². The van der Waals surface area contributed by atoms with Crippen molar-refractivity contribution in [3.05, 3.63) is 65.2 Å². The number of benzene rings is 2. The Morgan fingerprint density at radius 1 is 0.935 bits per heavy atom. The second-order valence-corrected chi connectivity index (χ2v) is 9.46. The van der Waals surface area contributed by atoms with Crippen molar-refractivity contribution in [1.82, 2.24) is 4.90 Å². The van der Waals surface area contributed by atoms with E-state index in [0.717, 1.165) is 49.6 Å². The maximum absolute atomic E-state index is 15.1. The molecule has 0 amide bonds. The monoisotopic (exact) mass is 432 g/mol. The fourth-order valence-electron chi connectivity index (χ4n) is 5.60. The number of nitrogens with zero attached hydrogens (tertiary/aromatic N) is 2. The van der Waals surface area contributed by atoms with Gasteiger partial charge in [0.1, 0.15) is 11.6 Å². The molecule has 3 nitrogen and oxygen atoms in total. The van der Waals surface area contributed by atoms with E-state index in [1.807, 2.05) is 24.3 Å². The molecule has 0 atom stereocenters. The first kappa shape index (κ1) is 20.5. The number of hydrogen-bond donors (Lipinski definition) is 0. The molecule has 6 rings (SSSR count). The Bertz CT molecular complexity index is 1010. The van der Waals surface area contributed by atoms with Crippen LogP contribution >= 0.6 is 0 Å². The molecule has 0 N–H and O–H groups in total. The summed E-state index contributed by atoms with van der Waals surface area (Å²) in [7, 11) is 2.10. The molecule has 164 valence electrons. The van der Waals surface area contributed by atoms with Crippen LogP contribution in [0.15, 0.2) is 42.5 Å². The first-order valence-electron chi connectivity index (χ1n) is 10.6. The van der Waals surface area contributed by atoms with Gasteiger partial charge >= 0.3 is 5.92 Å². The minimum Gasteiger partial charge on any atom is -0.369 e. The molecule has 7 heteroatoms. The van der Waals surface area contributed by atoms with E-state index in [0.29, 0.717) is 6.07 Å². The first-order chi connectivity index (χ1) is 14.7. The van der Waals surface area contributed by atoms with Crippen LogP contribution in [0.3, 0.4) is 0 Å². The molecule has 3 saturated carbocycles. The Morgan fingerprint density at radius 3 is 2.13 bits per heavy atom. The summed E-state index contributed by atoms with van der Waals surface area (Å²) in [6.45, 7) is 3.93. The van der Waals surface area contributed by atoms with Crippen molar-refractivity contribution >= 4 is 11.5 Å². The number of piperazine rings is 1. The average molecular weight is 432 g/mol. The summed E-state index contributed by atoms with van der Waals surface area (Å²) in [5, 5.41) is 0. The lowest BCUT2D eigenvalue weighted by Gasteiger charge is -2.72. The fourth-order valence-corrected chi connectivity index (χ4v) is 5.60. The molecule has 2 aromatic rings. The number of anilines is 1. The van der Waals surface area contributed by atoms with Gasteiger partial charge in [-0.05, 0) is 61.6 Å². The Morgan fingerprint density at radius 2 is 1.55 bits per heavy atom. The molecular formula is C24H24F4N2O. The second kappa shape index (κ2) is 6.79. The fraction of sp³-hybridized carbons (Fsp3) is 0.458. The van der Waals surface area contributed by atoms with Crippen LogP contribution in [0, 0.1) is 17.0 Å². The van der Waals surface area contributed by atoms with E-state index in [-0.39, 0.29) is 24.7 Å². The van der Waals surface area contributed by atoms with Gasteiger partial charge in [0.15, 0.2) is 0 Å². The van der Waals surface area contributed by atoms with Crippen LogP contribution in [0.5, 0.6) is 0 Å². The number of Topliss-reactive ketones (excluding diaryl/α,β-unsaturated/α-hetero) is 1. The molecule has 1 saturated heterocycles. The van der Waals surface area contributed by atoms with Gasteiger partial charge in [-0.1, -0.05) is 12.1 Å². The summed E-state index contributed by atoms with van der Waals surface area (Å²) >= 11 is 0. The summed E-state index contributed by atoms with van der Waals surface area (Å²) in [6.07, 6.45) is 0.611. The number of carbonyl (C=O) groups excluding carboxylic acids is 1. The van der Waals surface area contributed by atoms with E-state index in [1.165, 1.54) is 0 Å². The third-order valence-corrected chi connectivity index (χ3v) is 7.51. The van der Waals surface area contributed by atoms with Gasteiger partial charge in [0.25, 0.3) is 0 Å². The van der Waals surface area contributed by atoms with Crippen molar-refractivity contribution in [2.75, 3.05) is 38.1 Å². The van der Waals surface area contributed by atoms with Crippen molar-refractivity contribution in [2.45, 2.75) is 30.6 Å². The zero-order chi connectivity index (χ0) is 22.0. The summed E-state index contributed by atoms with van der Waals surface area (Å²) in [5.74, 6) is -7.37. The molecule has 3 aliphatic carbocycles. The highest BCUT2D eigenvalue weighted by Crippen LogP contribution is 2.78. The quantitative estimate of drug-likeness (QED) is 0.507. The van der Waals surface area contributed by atoms with E-state index in [1.54, 1.807) is 0 Å². The molecule has 2 bridgehead atoms. The number of alkyl halides is 2. The molecule has 1 heterocycles. The Balaban J connectivity index is 1.28. The van der Waals surface area contributed by atoms with E-state index in [9.17, 15) is 13.6 Å². The predicted molar refractivity (Wildman–Crippen MR) is 110 cm³/mol. The first-order valence-corrected chi connectivity index (χ1v) is 10.6. The molecule has 2 aromatic carbocycles. The van der Waals surface area contributed by atoms with Crippen LogP contribution in [0.25, 0.3) is 0 Å². The summed E-state index contributed by atoms with van der Waals surface area (Å²) in [6, 6.07) is 10.2. The van der Waals surface area contributed by atoms with Crippen molar-refractivity contribution < 1.29 is 22.4 Å². The van der Waals surface area contributed by atoms with Crippen LogP contribution in [0.1, 0.15) is 35.2 Å². The van der Waals surface area contributed by atoms with Crippen LogP contribution in [-0.2, 0) is 5.41 Å². The van der Waals surface area contributed by atoms with Gasteiger partial charge in [-0.2, -0.15) is 8.78 Å². The van der Waals surface area contributed by atoms with Gasteiger partial charge in [-0.3, -0.25) is 4.79 Å². The molecule has 1 aliphatic heterocycles. The zero-order valence-electron chi connectivity index (χ0n) is 17.3. The van der Waals surface area contributed by atoms with Gasteiger partial charge in [-0.15, -0.1) is 0 Å². The standard InChI is InChI=1S/C24H24F4N2O/c1-29-8-10-30(11-9-29)18-5-2-16(3-6-18)22-13-23(14-22,15-22)24(27,28)21(31)19-7-4-17(25)12-20(19)26/h2-7,12H,8-11,13-15H2,1H3. The lowest BCUT2D eigenvalue weighted by molar-refractivity contribution is -0.256. The Labute approximate surface area is 178 Å². The highest BCUT2D eigenvalue weighted by atomic mass is 19.3. The number of hydrogen-bond acceptors (Lipinski definition) is 3. The molecule has 4 fully saturated rings. The lowest BCUT2D eigenvalue weighted by Crippen LogP contribution is -2.73. The lowest BCUT2D eigenvalue weighted by atomic mass is 9.31. The van der Waals surface area contributed by atoms with Crippen molar-refractivity contribution in [2.24, 2.45) is 5.41 Å². The number of carbonyl (C=O) groups is 1. The van der Waals surface area contributed by atoms with E-state index in [2.05, 4.69) is 16.8 Å². The average Bonchev–Trinajstić information content (AvgIpc) is 2.66. The minimum atomic E-state index is -3.67. The van der Waals surface area contributed by atoms with Crippen molar-refractivity contribution in [3.8, 4) is 0 Å². The van der Waals surface area contributed by atoms with Crippen molar-refractivity contribution in [1.29, 1.82) is 0 Å². The molecule has 0 radical (unpaired) electrons. The molecule has 0 spiro atoms. The smallest absolute Gasteiger partial charge is 0.315 e. The Hall–Kier alpha value is -2.41. The number of likely N-dealkylation sites (N-methyl/N-ethyl adjacent to an activating group) is 1. The van der Waals surface area contributed by atoms with Crippen molar-refractivity contribution in [3.63, 3.8) is 0 Å². The van der Waals surface area contributed by atoms with Gasteiger partial charge in [0.2, 0.25) is 5.78 Å².